The van der Waals surface area contributed by atoms with Gasteiger partial charge in [-0.15, -0.1) is 0 Å². The molecule has 0 bridgehead atoms. The Balaban J connectivity index is 1.18. The van der Waals surface area contributed by atoms with Crippen LogP contribution in [0.4, 0.5) is 0 Å². The van der Waals surface area contributed by atoms with Crippen LogP contribution < -0.4 is 0 Å². The molecule has 0 aliphatic heterocycles. The van der Waals surface area contributed by atoms with E-state index in [9.17, 15) is 0 Å². The molecular weight excluding hydrogens is 566 g/mol. The molecule has 0 unspecified atom stereocenters. The van der Waals surface area contributed by atoms with E-state index in [0.29, 0.717) is 0 Å². The Hall–Kier alpha value is -6.26. The molecule has 0 spiro atoms. The molecule has 0 atom stereocenters. The zero-order chi connectivity index (χ0) is 29.9. The molecule has 0 saturated carbocycles. The molecule has 46 heavy (non-hydrogen) atoms. The molecule has 0 fully saturated rings. The maximum absolute atomic E-state index is 6.79. The number of benzene rings is 7. The summed E-state index contributed by atoms with van der Waals surface area (Å²) in [7, 11) is 0. The van der Waals surface area contributed by atoms with Gasteiger partial charge in [-0.25, -0.2) is 0 Å². The molecule has 4 nitrogen and oxygen atoms in total. The zero-order valence-corrected chi connectivity index (χ0v) is 24.5. The van der Waals surface area contributed by atoms with Crippen molar-refractivity contribution in [3.8, 4) is 16.8 Å². The number of hydrogen-bond acceptors (Lipinski definition) is 3. The third kappa shape index (κ3) is 3.07. The van der Waals surface area contributed by atoms with Crippen LogP contribution in [0.15, 0.2) is 153 Å². The number of nitrogens with zero attached hydrogens (tertiary/aromatic N) is 1. The van der Waals surface area contributed by atoms with Crippen LogP contribution in [0.3, 0.4) is 0 Å². The maximum Gasteiger partial charge on any atom is 0.159 e. The number of rotatable bonds is 2. The average molecular weight is 590 g/mol. The van der Waals surface area contributed by atoms with Gasteiger partial charge in [0.05, 0.1) is 22.1 Å². The summed E-state index contributed by atoms with van der Waals surface area (Å²) >= 11 is 0. The van der Waals surface area contributed by atoms with Crippen molar-refractivity contribution in [2.24, 2.45) is 0 Å². The van der Waals surface area contributed by atoms with Gasteiger partial charge in [-0.05, 0) is 54.1 Å². The van der Waals surface area contributed by atoms with E-state index in [1.54, 1.807) is 0 Å². The molecule has 0 aliphatic carbocycles. The van der Waals surface area contributed by atoms with Gasteiger partial charge in [0.1, 0.15) is 27.9 Å². The second-order valence-electron chi connectivity index (χ2n) is 12.0. The van der Waals surface area contributed by atoms with Crippen molar-refractivity contribution in [2.45, 2.75) is 0 Å². The highest BCUT2D eigenvalue weighted by Crippen LogP contribution is 2.43. The van der Waals surface area contributed by atoms with Gasteiger partial charge in [0.25, 0.3) is 0 Å². The third-order valence-corrected chi connectivity index (χ3v) is 9.61. The first kappa shape index (κ1) is 24.1. The Morgan fingerprint density at radius 3 is 1.93 bits per heavy atom. The predicted molar refractivity (Wildman–Crippen MR) is 188 cm³/mol. The van der Waals surface area contributed by atoms with Crippen LogP contribution in [0.2, 0.25) is 0 Å². The highest BCUT2D eigenvalue weighted by molar-refractivity contribution is 6.23. The number of hydrogen-bond donors (Lipinski definition) is 0. The topological polar surface area (TPSA) is 44.4 Å². The molecule has 11 rings (SSSR count). The van der Waals surface area contributed by atoms with E-state index in [2.05, 4.69) is 114 Å². The van der Waals surface area contributed by atoms with Gasteiger partial charge in [-0.1, -0.05) is 91.0 Å². The van der Waals surface area contributed by atoms with Crippen molar-refractivity contribution < 1.29 is 13.3 Å². The van der Waals surface area contributed by atoms with Crippen LogP contribution in [0.5, 0.6) is 0 Å². The molecule has 214 valence electrons. The molecule has 7 aromatic carbocycles. The van der Waals surface area contributed by atoms with E-state index in [1.165, 1.54) is 10.8 Å². The monoisotopic (exact) mass is 589 g/mol. The minimum atomic E-state index is 0.836. The smallest absolute Gasteiger partial charge is 0.159 e. The number of furan rings is 3. The first-order valence-electron chi connectivity index (χ1n) is 15.5. The van der Waals surface area contributed by atoms with E-state index < -0.39 is 0 Å². The molecule has 0 amide bonds. The van der Waals surface area contributed by atoms with Gasteiger partial charge in [0, 0.05) is 43.3 Å². The van der Waals surface area contributed by atoms with Gasteiger partial charge < -0.3 is 17.8 Å². The first-order valence-corrected chi connectivity index (χ1v) is 15.5. The molecule has 4 aromatic heterocycles. The van der Waals surface area contributed by atoms with Crippen LogP contribution in [0.25, 0.3) is 104 Å². The molecule has 0 radical (unpaired) electrons. The fourth-order valence-corrected chi connectivity index (χ4v) is 7.60. The van der Waals surface area contributed by atoms with Gasteiger partial charge >= 0.3 is 0 Å². The number of para-hydroxylation sites is 5. The summed E-state index contributed by atoms with van der Waals surface area (Å²) in [5.74, 6) is 0. The molecule has 4 heteroatoms. The molecular formula is C42H23NO3. The van der Waals surface area contributed by atoms with E-state index in [0.717, 1.165) is 93.7 Å². The second-order valence-corrected chi connectivity index (χ2v) is 12.0. The number of aromatic nitrogens is 1. The lowest BCUT2D eigenvalue weighted by molar-refractivity contribution is 0.663. The molecule has 0 aliphatic rings. The van der Waals surface area contributed by atoms with Gasteiger partial charge in [-0.2, -0.15) is 0 Å². The van der Waals surface area contributed by atoms with Crippen molar-refractivity contribution in [1.29, 1.82) is 0 Å². The molecule has 4 heterocycles. The Kier molecular flexibility index (Phi) is 4.55. The van der Waals surface area contributed by atoms with Gasteiger partial charge in [0.15, 0.2) is 5.58 Å². The predicted octanol–water partition coefficient (Wildman–Crippen LogP) is 12.1. The highest BCUT2D eigenvalue weighted by atomic mass is 16.3. The number of fused-ring (bicyclic) bond motifs is 13. The van der Waals surface area contributed by atoms with Crippen molar-refractivity contribution >= 4 is 87.6 Å². The lowest BCUT2D eigenvalue weighted by Crippen LogP contribution is -1.94. The van der Waals surface area contributed by atoms with Crippen LogP contribution in [-0.4, -0.2) is 4.57 Å². The van der Waals surface area contributed by atoms with Crippen molar-refractivity contribution in [1.82, 2.24) is 4.57 Å². The summed E-state index contributed by atoms with van der Waals surface area (Å²) in [6, 6.07) is 48.8. The molecule has 11 aromatic rings. The maximum atomic E-state index is 6.79. The van der Waals surface area contributed by atoms with Gasteiger partial charge in [-0.3, -0.25) is 0 Å². The van der Waals surface area contributed by atoms with E-state index >= 15 is 0 Å². The normalized spacial score (nSPS) is 12.3. The molecule has 0 saturated heterocycles. The standard InChI is InChI=1S/C42H23NO3/c1-4-15-33-26(9-1)32-23-24(19-21-34(32)43(33)35-16-8-14-28-27-10-2-5-17-36(27)45-41(28)35)25-12-7-13-29-30-20-22-38-39(42(30)46-40(25)29)31-11-3-6-18-37(31)44-38/h1-23H. The fraction of sp³-hybridized carbons (Fsp3) is 0. The van der Waals surface area contributed by atoms with Crippen LogP contribution in [0.1, 0.15) is 0 Å². The summed E-state index contributed by atoms with van der Waals surface area (Å²) in [5, 5.41) is 8.89. The minimum absolute atomic E-state index is 0.836. The van der Waals surface area contributed by atoms with Crippen molar-refractivity contribution in [3.05, 3.63) is 140 Å². The lowest BCUT2D eigenvalue weighted by atomic mass is 10.00. The molecule has 0 N–H and O–H groups in total. The van der Waals surface area contributed by atoms with Crippen LogP contribution in [0, 0.1) is 0 Å². The summed E-state index contributed by atoms with van der Waals surface area (Å²) in [4.78, 5) is 0. The van der Waals surface area contributed by atoms with Gasteiger partial charge in [0.2, 0.25) is 0 Å². The Bertz CT molecular complexity index is 3040. The summed E-state index contributed by atoms with van der Waals surface area (Å²) in [6.45, 7) is 0. The Labute approximate surface area is 261 Å². The zero-order valence-electron chi connectivity index (χ0n) is 24.5. The average Bonchev–Trinajstić information content (AvgIpc) is 3.86. The third-order valence-electron chi connectivity index (χ3n) is 9.61. The van der Waals surface area contributed by atoms with E-state index in [-0.39, 0.29) is 0 Å². The minimum Gasteiger partial charge on any atom is -0.456 e. The summed E-state index contributed by atoms with van der Waals surface area (Å²) in [6.07, 6.45) is 0. The summed E-state index contributed by atoms with van der Waals surface area (Å²) in [5.41, 5.74) is 10.7. The quantitative estimate of drug-likeness (QED) is 0.201. The van der Waals surface area contributed by atoms with Crippen molar-refractivity contribution in [3.63, 3.8) is 0 Å². The van der Waals surface area contributed by atoms with Crippen LogP contribution in [-0.2, 0) is 0 Å². The largest absolute Gasteiger partial charge is 0.456 e. The fourth-order valence-electron chi connectivity index (χ4n) is 7.60. The summed E-state index contributed by atoms with van der Waals surface area (Å²) < 4.78 is 21.8. The van der Waals surface area contributed by atoms with Crippen molar-refractivity contribution in [2.75, 3.05) is 0 Å². The first-order chi connectivity index (χ1) is 22.8. The van der Waals surface area contributed by atoms with E-state index in [1.807, 2.05) is 30.3 Å². The second kappa shape index (κ2) is 8.68. The van der Waals surface area contributed by atoms with Crippen LogP contribution >= 0.6 is 0 Å². The van der Waals surface area contributed by atoms with E-state index in [4.69, 9.17) is 13.3 Å². The SMILES string of the molecule is c1ccc2c(c1)oc1c(-n3c4ccccc4c4cc(-c5cccc6c5oc5c6ccc6oc7ccccc7c65)ccc43)cccc12. The lowest BCUT2D eigenvalue weighted by Gasteiger charge is -2.09. The Morgan fingerprint density at radius 1 is 0.370 bits per heavy atom. The Morgan fingerprint density at radius 2 is 1.04 bits per heavy atom. The highest BCUT2D eigenvalue weighted by Gasteiger charge is 2.20.